The van der Waals surface area contributed by atoms with Gasteiger partial charge in [0.05, 0.1) is 30.4 Å². The van der Waals surface area contributed by atoms with Crippen LogP contribution in [0.4, 0.5) is 0 Å². The topological polar surface area (TPSA) is 105 Å². The zero-order chi connectivity index (χ0) is 21.5. The van der Waals surface area contributed by atoms with Crippen LogP contribution in [0.1, 0.15) is 19.3 Å². The predicted molar refractivity (Wildman–Crippen MR) is 111 cm³/mol. The van der Waals surface area contributed by atoms with Gasteiger partial charge in [-0.05, 0) is 30.9 Å². The first-order valence-corrected chi connectivity index (χ1v) is 10.6. The van der Waals surface area contributed by atoms with E-state index in [1.807, 2.05) is 12.1 Å². The summed E-state index contributed by atoms with van der Waals surface area (Å²) in [6.07, 6.45) is 4.38. The number of aliphatic hydroxyl groups excluding tert-OH is 2. The molecule has 7 nitrogen and oxygen atoms in total. The van der Waals surface area contributed by atoms with Crippen LogP contribution in [0.2, 0.25) is 5.02 Å². The van der Waals surface area contributed by atoms with Crippen molar-refractivity contribution in [2.75, 3.05) is 26.4 Å². The van der Waals surface area contributed by atoms with Crippen molar-refractivity contribution in [3.63, 3.8) is 0 Å². The Hall–Kier alpha value is -1.64. The van der Waals surface area contributed by atoms with Crippen LogP contribution in [0, 0.1) is 17.8 Å². The number of para-hydroxylation sites is 1. The standard InChI is InChI=1S/C22H29ClO7/c23-18-3-1-2-4-20(18)30-12-15(24)6-8-16-17-7-5-14(10-28-13-22(26)27)11-29-21(17)9-19(16)25/h1-4,6,8,14-17,19,21,24-25H,5,7,9-13H2,(H,26,27)/t14-,15-,16-,17-,19-,21+/m1/s1. The molecule has 0 aromatic heterocycles. The van der Waals surface area contributed by atoms with Crippen LogP contribution in [0.25, 0.3) is 0 Å². The fourth-order valence-electron chi connectivity index (χ4n) is 4.21. The molecule has 6 atom stereocenters. The van der Waals surface area contributed by atoms with Crippen molar-refractivity contribution in [3.05, 3.63) is 41.4 Å². The van der Waals surface area contributed by atoms with E-state index in [2.05, 4.69) is 0 Å². The molecule has 0 bridgehead atoms. The number of halogens is 1. The molecule has 1 heterocycles. The van der Waals surface area contributed by atoms with E-state index in [1.54, 1.807) is 24.3 Å². The molecule has 8 heteroatoms. The average Bonchev–Trinajstić information content (AvgIpc) is 2.87. The Bertz CT molecular complexity index is 725. The number of aliphatic hydroxyl groups is 2. The summed E-state index contributed by atoms with van der Waals surface area (Å²) < 4.78 is 16.8. The predicted octanol–water partition coefficient (Wildman–Crippen LogP) is 2.53. The molecule has 1 aliphatic heterocycles. The molecular weight excluding hydrogens is 412 g/mol. The molecule has 0 unspecified atom stereocenters. The summed E-state index contributed by atoms with van der Waals surface area (Å²) in [7, 11) is 0. The molecule has 1 aromatic carbocycles. The third-order valence-corrected chi connectivity index (χ3v) is 6.04. The van der Waals surface area contributed by atoms with Gasteiger partial charge < -0.3 is 29.5 Å². The van der Waals surface area contributed by atoms with E-state index < -0.39 is 18.2 Å². The number of hydrogen-bond donors (Lipinski definition) is 3. The maximum absolute atomic E-state index is 10.6. The highest BCUT2D eigenvalue weighted by Crippen LogP contribution is 2.41. The molecule has 166 valence electrons. The van der Waals surface area contributed by atoms with Gasteiger partial charge in [-0.15, -0.1) is 0 Å². The summed E-state index contributed by atoms with van der Waals surface area (Å²) in [5.74, 6) is -0.278. The molecule has 0 spiro atoms. The number of benzene rings is 1. The maximum atomic E-state index is 10.6. The first-order chi connectivity index (χ1) is 14.4. The second-order valence-corrected chi connectivity index (χ2v) is 8.37. The molecule has 30 heavy (non-hydrogen) atoms. The normalized spacial score (nSPS) is 30.0. The number of rotatable bonds is 9. The van der Waals surface area contributed by atoms with E-state index in [9.17, 15) is 15.0 Å². The summed E-state index contributed by atoms with van der Waals surface area (Å²) in [4.78, 5) is 10.6. The number of fused-ring (bicyclic) bond motifs is 1. The van der Waals surface area contributed by atoms with Crippen molar-refractivity contribution in [1.82, 2.24) is 0 Å². The van der Waals surface area contributed by atoms with Gasteiger partial charge >= 0.3 is 5.97 Å². The van der Waals surface area contributed by atoms with Crippen LogP contribution < -0.4 is 4.74 Å². The third kappa shape index (κ3) is 6.43. The molecule has 2 aliphatic rings. The van der Waals surface area contributed by atoms with Crippen LogP contribution in [0.15, 0.2) is 36.4 Å². The maximum Gasteiger partial charge on any atom is 0.329 e. The largest absolute Gasteiger partial charge is 0.489 e. The molecule has 2 fully saturated rings. The monoisotopic (exact) mass is 440 g/mol. The highest BCUT2D eigenvalue weighted by Gasteiger charge is 2.43. The van der Waals surface area contributed by atoms with Gasteiger partial charge in [-0.1, -0.05) is 35.9 Å². The number of aliphatic carboxylic acids is 1. The molecule has 1 aliphatic carbocycles. The lowest BCUT2D eigenvalue weighted by Crippen LogP contribution is -2.22. The van der Waals surface area contributed by atoms with E-state index in [0.29, 0.717) is 30.4 Å². The van der Waals surface area contributed by atoms with E-state index in [-0.39, 0.29) is 37.1 Å². The van der Waals surface area contributed by atoms with Gasteiger partial charge in [0.1, 0.15) is 25.1 Å². The molecule has 1 saturated heterocycles. The lowest BCUT2D eigenvalue weighted by molar-refractivity contribution is -0.143. The molecular formula is C22H29ClO7. The zero-order valence-electron chi connectivity index (χ0n) is 16.7. The van der Waals surface area contributed by atoms with Crippen molar-refractivity contribution in [1.29, 1.82) is 0 Å². The summed E-state index contributed by atoms with van der Waals surface area (Å²) in [6, 6.07) is 7.08. The summed E-state index contributed by atoms with van der Waals surface area (Å²) in [5, 5.41) is 29.9. The van der Waals surface area contributed by atoms with Crippen molar-refractivity contribution in [2.24, 2.45) is 17.8 Å². The van der Waals surface area contributed by atoms with E-state index in [1.165, 1.54) is 0 Å². The highest BCUT2D eigenvalue weighted by molar-refractivity contribution is 6.32. The summed E-state index contributed by atoms with van der Waals surface area (Å²) >= 11 is 6.05. The van der Waals surface area contributed by atoms with Gasteiger partial charge in [0.25, 0.3) is 0 Å². The van der Waals surface area contributed by atoms with E-state index in [4.69, 9.17) is 30.9 Å². The number of ether oxygens (including phenoxy) is 3. The Labute approximate surface area is 181 Å². The van der Waals surface area contributed by atoms with Crippen molar-refractivity contribution < 1.29 is 34.3 Å². The van der Waals surface area contributed by atoms with Crippen molar-refractivity contribution >= 4 is 17.6 Å². The first kappa shape index (κ1) is 23.0. The number of hydrogen-bond acceptors (Lipinski definition) is 6. The van der Waals surface area contributed by atoms with Gasteiger partial charge in [-0.2, -0.15) is 0 Å². The van der Waals surface area contributed by atoms with Crippen molar-refractivity contribution in [2.45, 2.75) is 37.6 Å². The second-order valence-electron chi connectivity index (χ2n) is 7.96. The Kier molecular flexibility index (Phi) is 8.53. The van der Waals surface area contributed by atoms with Gasteiger partial charge in [-0.3, -0.25) is 0 Å². The lowest BCUT2D eigenvalue weighted by Gasteiger charge is -2.21. The van der Waals surface area contributed by atoms with Gasteiger partial charge in [0.15, 0.2) is 0 Å². The van der Waals surface area contributed by atoms with Crippen LogP contribution in [-0.4, -0.2) is 66.0 Å². The summed E-state index contributed by atoms with van der Waals surface area (Å²) in [6.45, 7) is 0.614. The minimum atomic E-state index is -0.980. The first-order valence-electron chi connectivity index (χ1n) is 10.3. The van der Waals surface area contributed by atoms with Crippen LogP contribution >= 0.6 is 11.6 Å². The Balaban J connectivity index is 1.50. The molecule has 1 aromatic rings. The Morgan fingerprint density at radius 2 is 2.13 bits per heavy atom. The third-order valence-electron chi connectivity index (χ3n) is 5.73. The van der Waals surface area contributed by atoms with E-state index in [0.717, 1.165) is 12.8 Å². The smallest absolute Gasteiger partial charge is 0.329 e. The molecule has 1 saturated carbocycles. The average molecular weight is 441 g/mol. The number of carboxylic acids is 1. The van der Waals surface area contributed by atoms with E-state index >= 15 is 0 Å². The second kappa shape index (κ2) is 11.1. The minimum Gasteiger partial charge on any atom is -0.489 e. The number of carbonyl (C=O) groups is 1. The lowest BCUT2D eigenvalue weighted by atomic mass is 9.87. The molecule has 3 rings (SSSR count). The molecule has 3 N–H and O–H groups in total. The molecule has 0 amide bonds. The Morgan fingerprint density at radius 1 is 1.33 bits per heavy atom. The quantitative estimate of drug-likeness (QED) is 0.506. The van der Waals surface area contributed by atoms with Crippen LogP contribution in [0.3, 0.4) is 0 Å². The fraction of sp³-hybridized carbons (Fsp3) is 0.591. The summed E-state index contributed by atoms with van der Waals surface area (Å²) in [5.41, 5.74) is 0. The fourth-order valence-corrected chi connectivity index (χ4v) is 4.40. The number of carboxylic acid groups (broad SMARTS) is 1. The van der Waals surface area contributed by atoms with Gasteiger partial charge in [-0.25, -0.2) is 4.79 Å². The van der Waals surface area contributed by atoms with Crippen molar-refractivity contribution in [3.8, 4) is 5.75 Å². The minimum absolute atomic E-state index is 0.0457. The van der Waals surface area contributed by atoms with Crippen LogP contribution in [-0.2, 0) is 14.3 Å². The highest BCUT2D eigenvalue weighted by atomic mass is 35.5. The Morgan fingerprint density at radius 3 is 2.90 bits per heavy atom. The van der Waals surface area contributed by atoms with Gasteiger partial charge in [0.2, 0.25) is 0 Å². The zero-order valence-corrected chi connectivity index (χ0v) is 17.5. The molecule has 0 radical (unpaired) electrons. The van der Waals surface area contributed by atoms with Gasteiger partial charge in [0, 0.05) is 18.3 Å². The van der Waals surface area contributed by atoms with Crippen LogP contribution in [0.5, 0.6) is 5.75 Å². The SMILES string of the molecule is O=C(O)COC[C@H]1CC[C@@H]2[C@@H](C=C[C@@H](O)COc3ccccc3Cl)[C@H](O)C[C@@H]2OC1.